The van der Waals surface area contributed by atoms with Crippen LogP contribution in [-0.2, 0) is 9.59 Å². The number of Topliss-reactive ketones (excluding diaryl/α,β-unsaturated/α-hetero) is 2. The summed E-state index contributed by atoms with van der Waals surface area (Å²) in [6, 6.07) is 7.52. The number of unbranched alkanes of at least 4 members (excludes halogenated alkanes) is 3. The second-order valence-electron chi connectivity index (χ2n) is 7.16. The zero-order chi connectivity index (χ0) is 18.9. The third-order valence-electron chi connectivity index (χ3n) is 5.16. The van der Waals surface area contributed by atoms with Gasteiger partial charge in [0.25, 0.3) is 0 Å². The van der Waals surface area contributed by atoms with Crippen molar-refractivity contribution in [2.24, 2.45) is 11.8 Å². The van der Waals surface area contributed by atoms with Gasteiger partial charge in [0.2, 0.25) is 0 Å². The van der Waals surface area contributed by atoms with Crippen molar-refractivity contribution in [1.29, 1.82) is 0 Å². The van der Waals surface area contributed by atoms with E-state index < -0.39 is 5.97 Å². The van der Waals surface area contributed by atoms with Crippen LogP contribution in [0.4, 0.5) is 0 Å². The van der Waals surface area contributed by atoms with E-state index in [1.54, 1.807) is 6.92 Å². The van der Waals surface area contributed by atoms with E-state index in [0.29, 0.717) is 24.2 Å². The van der Waals surface area contributed by atoms with Crippen molar-refractivity contribution in [3.8, 4) is 0 Å². The minimum Gasteiger partial charge on any atom is -0.481 e. The molecule has 2 unspecified atom stereocenters. The van der Waals surface area contributed by atoms with Crippen molar-refractivity contribution in [1.82, 2.24) is 0 Å². The van der Waals surface area contributed by atoms with Crippen molar-refractivity contribution in [3.63, 3.8) is 0 Å². The molecule has 2 atom stereocenters. The van der Waals surface area contributed by atoms with Crippen molar-refractivity contribution in [2.45, 2.75) is 58.3 Å². The fraction of sp³-hybridized carbons (Fsp3) is 0.500. The van der Waals surface area contributed by atoms with Crippen LogP contribution in [0.1, 0.15) is 74.2 Å². The summed E-state index contributed by atoms with van der Waals surface area (Å²) in [5, 5.41) is 8.64. The first-order valence-corrected chi connectivity index (χ1v) is 9.51. The maximum atomic E-state index is 12.2. The summed E-state index contributed by atoms with van der Waals surface area (Å²) >= 11 is 0. The van der Waals surface area contributed by atoms with Gasteiger partial charge in [-0.05, 0) is 37.7 Å². The molecule has 4 nitrogen and oxygen atoms in total. The summed E-state index contributed by atoms with van der Waals surface area (Å²) in [7, 11) is 0. The molecular formula is C22H28O4. The van der Waals surface area contributed by atoms with Gasteiger partial charge in [-0.15, -0.1) is 0 Å². The first-order chi connectivity index (χ1) is 12.5. The molecule has 0 saturated heterocycles. The highest BCUT2D eigenvalue weighted by molar-refractivity contribution is 5.94. The van der Waals surface area contributed by atoms with Gasteiger partial charge in [0.1, 0.15) is 5.78 Å². The minimum atomic E-state index is -0.738. The number of aliphatic carboxylic acids is 1. The van der Waals surface area contributed by atoms with Crippen LogP contribution in [0.3, 0.4) is 0 Å². The second kappa shape index (κ2) is 10.0. The molecule has 0 radical (unpaired) electrons. The molecule has 0 spiro atoms. The Bertz CT molecular complexity index is 657. The smallest absolute Gasteiger partial charge is 0.303 e. The summed E-state index contributed by atoms with van der Waals surface area (Å²) in [5.41, 5.74) is 1.75. The molecule has 1 aromatic rings. The van der Waals surface area contributed by atoms with Gasteiger partial charge in [-0.1, -0.05) is 55.7 Å². The van der Waals surface area contributed by atoms with Crippen LogP contribution in [0, 0.1) is 11.8 Å². The summed E-state index contributed by atoms with van der Waals surface area (Å²) in [6.07, 6.45) is 10.5. The number of hydrogen-bond donors (Lipinski definition) is 1. The molecule has 2 rings (SSSR count). The Morgan fingerprint density at radius 1 is 1.12 bits per heavy atom. The van der Waals surface area contributed by atoms with E-state index in [1.807, 2.05) is 30.3 Å². The third-order valence-corrected chi connectivity index (χ3v) is 5.16. The number of carbonyl (C=O) groups excluding carboxylic acids is 2. The van der Waals surface area contributed by atoms with E-state index in [2.05, 4.69) is 6.08 Å². The van der Waals surface area contributed by atoms with Crippen molar-refractivity contribution in [3.05, 3.63) is 41.5 Å². The molecule has 0 heterocycles. The minimum absolute atomic E-state index is 0.0605. The summed E-state index contributed by atoms with van der Waals surface area (Å²) in [6.45, 7) is 1.56. The zero-order valence-electron chi connectivity index (χ0n) is 15.4. The Labute approximate surface area is 155 Å². The number of rotatable bonds is 10. The molecule has 1 aliphatic carbocycles. The highest BCUT2D eigenvalue weighted by Gasteiger charge is 2.32. The average Bonchev–Trinajstić information content (AvgIpc) is 2.96. The lowest BCUT2D eigenvalue weighted by Gasteiger charge is -2.14. The Morgan fingerprint density at radius 3 is 2.46 bits per heavy atom. The second-order valence-corrected chi connectivity index (χ2v) is 7.16. The maximum Gasteiger partial charge on any atom is 0.303 e. The highest BCUT2D eigenvalue weighted by Crippen LogP contribution is 2.34. The molecule has 0 aliphatic heterocycles. The van der Waals surface area contributed by atoms with Gasteiger partial charge < -0.3 is 5.11 Å². The molecule has 1 saturated carbocycles. The topological polar surface area (TPSA) is 71.4 Å². The van der Waals surface area contributed by atoms with Crippen molar-refractivity contribution in [2.75, 3.05) is 0 Å². The molecule has 1 N–H and O–H groups in total. The van der Waals surface area contributed by atoms with E-state index in [1.165, 1.54) is 0 Å². The van der Waals surface area contributed by atoms with Gasteiger partial charge in [-0.2, -0.15) is 0 Å². The van der Waals surface area contributed by atoms with Crippen molar-refractivity contribution < 1.29 is 19.5 Å². The van der Waals surface area contributed by atoms with E-state index in [4.69, 9.17) is 5.11 Å². The Kier molecular flexibility index (Phi) is 7.76. The van der Waals surface area contributed by atoms with E-state index in [-0.39, 0.29) is 24.0 Å². The largest absolute Gasteiger partial charge is 0.481 e. The summed E-state index contributed by atoms with van der Waals surface area (Å²) in [4.78, 5) is 34.0. The highest BCUT2D eigenvalue weighted by atomic mass is 16.4. The number of allylic oxidation sites excluding steroid dienone is 1. The molecule has 140 valence electrons. The van der Waals surface area contributed by atoms with Gasteiger partial charge in [0.15, 0.2) is 5.78 Å². The standard InChI is InChI=1S/C22H28O4/c1-16(23)18-11-8-17(9-12-18)10-13-19-14-15-21(24)20(19)6-4-2-3-5-7-22(25)26/h8-13,19-20H,2-7,14-15H2,1H3,(H,25,26)/b13-10+. The predicted octanol–water partition coefficient (Wildman–Crippen LogP) is 4.92. The predicted molar refractivity (Wildman–Crippen MR) is 102 cm³/mol. The number of benzene rings is 1. The molecule has 0 amide bonds. The number of carboxylic acid groups (broad SMARTS) is 1. The van der Waals surface area contributed by atoms with Crippen LogP contribution >= 0.6 is 0 Å². The van der Waals surface area contributed by atoms with Crippen LogP contribution < -0.4 is 0 Å². The number of hydrogen-bond acceptors (Lipinski definition) is 3. The Morgan fingerprint density at radius 2 is 1.81 bits per heavy atom. The van der Waals surface area contributed by atoms with Gasteiger partial charge >= 0.3 is 5.97 Å². The molecule has 1 aliphatic rings. The molecule has 0 aromatic heterocycles. The molecule has 26 heavy (non-hydrogen) atoms. The number of carboxylic acids is 1. The van der Waals surface area contributed by atoms with Gasteiger partial charge in [0.05, 0.1) is 0 Å². The molecule has 1 fully saturated rings. The molecule has 1 aromatic carbocycles. The van der Waals surface area contributed by atoms with Crippen LogP contribution in [0.5, 0.6) is 0 Å². The fourth-order valence-corrected chi connectivity index (χ4v) is 3.60. The third kappa shape index (κ3) is 6.25. The maximum absolute atomic E-state index is 12.2. The first-order valence-electron chi connectivity index (χ1n) is 9.51. The monoisotopic (exact) mass is 356 g/mol. The lowest BCUT2D eigenvalue weighted by molar-refractivity contribution is -0.137. The quantitative estimate of drug-likeness (QED) is 0.477. The lowest BCUT2D eigenvalue weighted by Crippen LogP contribution is -2.13. The zero-order valence-corrected chi connectivity index (χ0v) is 15.4. The average molecular weight is 356 g/mol. The van der Waals surface area contributed by atoms with Crippen molar-refractivity contribution >= 4 is 23.6 Å². The van der Waals surface area contributed by atoms with E-state index in [0.717, 1.165) is 37.7 Å². The van der Waals surface area contributed by atoms with Crippen LogP contribution in [0.25, 0.3) is 6.08 Å². The Balaban J connectivity index is 1.82. The fourth-order valence-electron chi connectivity index (χ4n) is 3.60. The van der Waals surface area contributed by atoms with Crippen LogP contribution in [-0.4, -0.2) is 22.6 Å². The lowest BCUT2D eigenvalue weighted by atomic mass is 9.89. The van der Waals surface area contributed by atoms with E-state index >= 15 is 0 Å². The number of carbonyl (C=O) groups is 3. The normalized spacial score (nSPS) is 20.0. The summed E-state index contributed by atoms with van der Waals surface area (Å²) < 4.78 is 0. The van der Waals surface area contributed by atoms with Gasteiger partial charge in [-0.3, -0.25) is 14.4 Å². The molecule has 4 heteroatoms. The molecular weight excluding hydrogens is 328 g/mol. The SMILES string of the molecule is CC(=O)c1ccc(/C=C/C2CCC(=O)C2CCCCCCC(=O)O)cc1. The van der Waals surface area contributed by atoms with Gasteiger partial charge in [-0.25, -0.2) is 0 Å². The molecule has 0 bridgehead atoms. The van der Waals surface area contributed by atoms with E-state index in [9.17, 15) is 14.4 Å². The van der Waals surface area contributed by atoms with Gasteiger partial charge in [0, 0.05) is 24.3 Å². The number of ketones is 2. The van der Waals surface area contributed by atoms with Crippen LogP contribution in [0.15, 0.2) is 30.3 Å². The summed E-state index contributed by atoms with van der Waals surface area (Å²) in [5.74, 6) is 0.0659. The first kappa shape index (κ1) is 20.1. The Hall–Kier alpha value is -2.23. The van der Waals surface area contributed by atoms with Crippen LogP contribution in [0.2, 0.25) is 0 Å².